The summed E-state index contributed by atoms with van der Waals surface area (Å²) in [7, 11) is 0. The van der Waals surface area contributed by atoms with Crippen LogP contribution in [0.15, 0.2) is 0 Å². The average Bonchev–Trinajstić information content (AvgIpc) is 2.14. The molecule has 4 nitrogen and oxygen atoms in total. The number of hydrogen-bond donors (Lipinski definition) is 1. The molecule has 0 aromatic heterocycles. The minimum atomic E-state index is 0.0363. The molecule has 0 bridgehead atoms. The van der Waals surface area contributed by atoms with Crippen LogP contribution in [0.25, 0.3) is 0 Å². The highest BCUT2D eigenvalue weighted by Gasteiger charge is 2.10. The largest absolute Gasteiger partial charge is 0.372 e. The summed E-state index contributed by atoms with van der Waals surface area (Å²) in [5.41, 5.74) is 5.39. The normalized spacial score (nSPS) is 10.1. The molecular formula is C9H20N2O2. The smallest absolute Gasteiger partial charge is 0.248 e. The Morgan fingerprint density at radius 1 is 1.38 bits per heavy atom. The number of amides is 1. The maximum absolute atomic E-state index is 11.4. The molecule has 0 saturated carbocycles. The summed E-state index contributed by atoms with van der Waals surface area (Å²) < 4.78 is 5.04. The van der Waals surface area contributed by atoms with Gasteiger partial charge in [-0.25, -0.2) is 0 Å². The molecule has 0 rings (SSSR count). The van der Waals surface area contributed by atoms with Crippen molar-refractivity contribution in [2.75, 3.05) is 32.8 Å². The average molecular weight is 188 g/mol. The van der Waals surface area contributed by atoms with Crippen LogP contribution in [0.5, 0.6) is 0 Å². The van der Waals surface area contributed by atoms with Crippen LogP contribution in [0, 0.1) is 0 Å². The van der Waals surface area contributed by atoms with Crippen molar-refractivity contribution in [2.24, 2.45) is 5.73 Å². The molecular weight excluding hydrogens is 168 g/mol. The third-order valence-electron chi connectivity index (χ3n) is 1.67. The topological polar surface area (TPSA) is 55.6 Å². The van der Waals surface area contributed by atoms with Gasteiger partial charge in [0.05, 0.1) is 0 Å². The highest BCUT2D eigenvalue weighted by Crippen LogP contribution is 1.92. The van der Waals surface area contributed by atoms with Crippen molar-refractivity contribution >= 4 is 5.91 Å². The van der Waals surface area contributed by atoms with Crippen LogP contribution in [0.4, 0.5) is 0 Å². The molecule has 0 saturated heterocycles. The van der Waals surface area contributed by atoms with E-state index < -0.39 is 0 Å². The highest BCUT2D eigenvalue weighted by molar-refractivity contribution is 5.77. The second kappa shape index (κ2) is 8.01. The van der Waals surface area contributed by atoms with Crippen molar-refractivity contribution in [3.05, 3.63) is 0 Å². The minimum absolute atomic E-state index is 0.0363. The Balaban J connectivity index is 3.80. The fourth-order valence-electron chi connectivity index (χ4n) is 1.07. The molecule has 0 aliphatic heterocycles. The summed E-state index contributed by atoms with van der Waals surface area (Å²) in [5, 5.41) is 0. The molecule has 13 heavy (non-hydrogen) atoms. The van der Waals surface area contributed by atoms with Crippen LogP contribution in [-0.4, -0.2) is 43.7 Å². The first-order valence-corrected chi connectivity index (χ1v) is 4.81. The van der Waals surface area contributed by atoms with Crippen LogP contribution in [0.1, 0.15) is 20.3 Å². The Bertz CT molecular complexity index is 134. The first-order chi connectivity index (χ1) is 6.26. The second-order valence-corrected chi connectivity index (χ2v) is 2.81. The van der Waals surface area contributed by atoms with E-state index in [-0.39, 0.29) is 12.5 Å². The summed E-state index contributed by atoms with van der Waals surface area (Å²) in [5.74, 6) is 0.0363. The standard InChI is InChI=1S/C9H20N2O2/c1-3-6-11(7-5-10)9(12)8-13-4-2/h3-8,10H2,1-2H3. The predicted octanol–water partition coefficient (Wildman–Crippen LogP) is 0.220. The third kappa shape index (κ3) is 5.60. The number of carbonyl (C=O) groups is 1. The summed E-state index contributed by atoms with van der Waals surface area (Å²) in [6.07, 6.45) is 0.956. The highest BCUT2D eigenvalue weighted by atomic mass is 16.5. The lowest BCUT2D eigenvalue weighted by Gasteiger charge is -2.20. The Labute approximate surface area is 80.0 Å². The van der Waals surface area contributed by atoms with E-state index in [9.17, 15) is 4.79 Å². The summed E-state index contributed by atoms with van der Waals surface area (Å²) >= 11 is 0. The molecule has 2 N–H and O–H groups in total. The van der Waals surface area contributed by atoms with Crippen LogP contribution >= 0.6 is 0 Å². The Morgan fingerprint density at radius 2 is 2.08 bits per heavy atom. The van der Waals surface area contributed by atoms with Crippen molar-refractivity contribution in [2.45, 2.75) is 20.3 Å². The van der Waals surface area contributed by atoms with Crippen molar-refractivity contribution in [1.29, 1.82) is 0 Å². The van der Waals surface area contributed by atoms with Crippen molar-refractivity contribution < 1.29 is 9.53 Å². The molecule has 0 heterocycles. The van der Waals surface area contributed by atoms with E-state index in [2.05, 4.69) is 0 Å². The van der Waals surface area contributed by atoms with Crippen LogP contribution in [-0.2, 0) is 9.53 Å². The molecule has 0 atom stereocenters. The zero-order chi connectivity index (χ0) is 10.1. The number of nitrogens with two attached hydrogens (primary N) is 1. The van der Waals surface area contributed by atoms with E-state index in [0.717, 1.165) is 13.0 Å². The van der Waals surface area contributed by atoms with Gasteiger partial charge in [-0.1, -0.05) is 6.92 Å². The molecule has 78 valence electrons. The summed E-state index contributed by atoms with van der Waals surface area (Å²) in [6.45, 7) is 6.57. The molecule has 0 aliphatic rings. The van der Waals surface area contributed by atoms with Gasteiger partial charge >= 0.3 is 0 Å². The van der Waals surface area contributed by atoms with Gasteiger partial charge in [-0.3, -0.25) is 4.79 Å². The van der Waals surface area contributed by atoms with E-state index in [4.69, 9.17) is 10.5 Å². The van der Waals surface area contributed by atoms with E-state index in [1.54, 1.807) is 4.90 Å². The molecule has 4 heteroatoms. The van der Waals surface area contributed by atoms with Gasteiger partial charge in [0.25, 0.3) is 0 Å². The van der Waals surface area contributed by atoms with Crippen molar-refractivity contribution in [3.63, 3.8) is 0 Å². The van der Waals surface area contributed by atoms with Crippen LogP contribution in [0.2, 0.25) is 0 Å². The van der Waals surface area contributed by atoms with Gasteiger partial charge in [0.15, 0.2) is 0 Å². The Morgan fingerprint density at radius 3 is 2.54 bits per heavy atom. The van der Waals surface area contributed by atoms with E-state index in [1.165, 1.54) is 0 Å². The zero-order valence-electron chi connectivity index (χ0n) is 8.58. The summed E-state index contributed by atoms with van der Waals surface area (Å²) in [4.78, 5) is 13.2. The molecule has 0 unspecified atom stereocenters. The van der Waals surface area contributed by atoms with Gasteiger partial charge in [0, 0.05) is 26.2 Å². The van der Waals surface area contributed by atoms with Gasteiger partial charge in [-0.05, 0) is 13.3 Å². The molecule has 0 aliphatic carbocycles. The summed E-state index contributed by atoms with van der Waals surface area (Å²) in [6, 6.07) is 0. The number of rotatable bonds is 7. The molecule has 0 fully saturated rings. The van der Waals surface area contributed by atoms with Crippen molar-refractivity contribution in [1.82, 2.24) is 4.90 Å². The third-order valence-corrected chi connectivity index (χ3v) is 1.67. The number of hydrogen-bond acceptors (Lipinski definition) is 3. The van der Waals surface area contributed by atoms with Gasteiger partial charge in [0.1, 0.15) is 6.61 Å². The predicted molar refractivity (Wildman–Crippen MR) is 52.4 cm³/mol. The first-order valence-electron chi connectivity index (χ1n) is 4.81. The van der Waals surface area contributed by atoms with E-state index in [0.29, 0.717) is 19.7 Å². The number of carbonyl (C=O) groups excluding carboxylic acids is 1. The van der Waals surface area contributed by atoms with Gasteiger partial charge in [-0.15, -0.1) is 0 Å². The molecule has 0 spiro atoms. The van der Waals surface area contributed by atoms with Gasteiger partial charge in [0.2, 0.25) is 5.91 Å². The number of ether oxygens (including phenoxy) is 1. The Hall–Kier alpha value is -0.610. The van der Waals surface area contributed by atoms with E-state index in [1.807, 2.05) is 13.8 Å². The lowest BCUT2D eigenvalue weighted by atomic mass is 10.4. The number of nitrogens with zero attached hydrogens (tertiary/aromatic N) is 1. The van der Waals surface area contributed by atoms with Crippen LogP contribution in [0.3, 0.4) is 0 Å². The maximum Gasteiger partial charge on any atom is 0.248 e. The lowest BCUT2D eigenvalue weighted by Crippen LogP contribution is -2.38. The monoisotopic (exact) mass is 188 g/mol. The fraction of sp³-hybridized carbons (Fsp3) is 0.889. The molecule has 0 aromatic rings. The zero-order valence-corrected chi connectivity index (χ0v) is 8.58. The molecule has 0 radical (unpaired) electrons. The quantitative estimate of drug-likeness (QED) is 0.622. The lowest BCUT2D eigenvalue weighted by molar-refractivity contribution is -0.135. The first kappa shape index (κ1) is 12.4. The Kier molecular flexibility index (Phi) is 7.63. The van der Waals surface area contributed by atoms with Crippen molar-refractivity contribution in [3.8, 4) is 0 Å². The maximum atomic E-state index is 11.4. The second-order valence-electron chi connectivity index (χ2n) is 2.81. The van der Waals surface area contributed by atoms with Gasteiger partial charge in [-0.2, -0.15) is 0 Å². The molecule has 1 amide bonds. The van der Waals surface area contributed by atoms with E-state index >= 15 is 0 Å². The SMILES string of the molecule is CCCN(CCN)C(=O)COCC. The van der Waals surface area contributed by atoms with Crippen LogP contribution < -0.4 is 5.73 Å². The minimum Gasteiger partial charge on any atom is -0.372 e. The van der Waals surface area contributed by atoms with Gasteiger partial charge < -0.3 is 15.4 Å². The molecule has 0 aromatic carbocycles. The fourth-order valence-corrected chi connectivity index (χ4v) is 1.07.